The van der Waals surface area contributed by atoms with E-state index in [-0.39, 0.29) is 11.9 Å². The predicted octanol–water partition coefficient (Wildman–Crippen LogP) is 5.01. The van der Waals surface area contributed by atoms with Gasteiger partial charge in [0.1, 0.15) is 11.6 Å². The van der Waals surface area contributed by atoms with Gasteiger partial charge in [0.2, 0.25) is 5.91 Å². The number of aryl methyl sites for hydroxylation is 3. The van der Waals surface area contributed by atoms with Gasteiger partial charge >= 0.3 is 0 Å². The zero-order valence-electron chi connectivity index (χ0n) is 16.7. The van der Waals surface area contributed by atoms with E-state index in [9.17, 15) is 4.79 Å². The topological polar surface area (TPSA) is 75.0 Å². The van der Waals surface area contributed by atoms with Gasteiger partial charge < -0.3 is 14.4 Å². The molecule has 0 unspecified atom stereocenters. The predicted molar refractivity (Wildman–Crippen MR) is 112 cm³/mol. The molecule has 146 valence electrons. The van der Waals surface area contributed by atoms with Crippen molar-refractivity contribution in [3.8, 4) is 11.1 Å². The lowest BCUT2D eigenvalue weighted by Gasteiger charge is -2.25. The Morgan fingerprint density at radius 3 is 2.72 bits per heavy atom. The van der Waals surface area contributed by atoms with Crippen LogP contribution in [0.4, 0.5) is 5.69 Å². The highest BCUT2D eigenvalue weighted by molar-refractivity contribution is 5.97. The van der Waals surface area contributed by atoms with Gasteiger partial charge in [0.05, 0.1) is 22.8 Å². The maximum absolute atomic E-state index is 12.7. The molecule has 0 saturated carbocycles. The summed E-state index contributed by atoms with van der Waals surface area (Å²) in [6.45, 7) is 5.90. The van der Waals surface area contributed by atoms with Crippen LogP contribution in [0.3, 0.4) is 0 Å². The molecule has 6 nitrogen and oxygen atoms in total. The van der Waals surface area contributed by atoms with Crippen LogP contribution in [-0.4, -0.2) is 21.0 Å². The summed E-state index contributed by atoms with van der Waals surface area (Å²) in [5.41, 5.74) is 6.80. The molecule has 1 N–H and O–H groups in total. The first-order chi connectivity index (χ1) is 14.0. The van der Waals surface area contributed by atoms with Crippen molar-refractivity contribution in [2.45, 2.75) is 39.7 Å². The Morgan fingerprint density at radius 1 is 1.14 bits per heavy atom. The molecule has 1 aliphatic heterocycles. The summed E-state index contributed by atoms with van der Waals surface area (Å²) in [6.07, 6.45) is 1.28. The van der Waals surface area contributed by atoms with Gasteiger partial charge in [0.15, 0.2) is 0 Å². The van der Waals surface area contributed by atoms with Crippen molar-refractivity contribution in [1.29, 1.82) is 0 Å². The minimum Gasteiger partial charge on any atom is -0.361 e. The molecule has 0 aliphatic carbocycles. The van der Waals surface area contributed by atoms with E-state index < -0.39 is 0 Å². The number of anilines is 1. The minimum absolute atomic E-state index is 0.0847. The lowest BCUT2D eigenvalue weighted by molar-refractivity contribution is -0.117. The number of benzene rings is 2. The van der Waals surface area contributed by atoms with E-state index in [0.717, 1.165) is 57.1 Å². The number of hydrogen-bond donors (Lipinski definition) is 1. The highest BCUT2D eigenvalue weighted by Crippen LogP contribution is 2.38. The molecule has 1 fully saturated rings. The van der Waals surface area contributed by atoms with Gasteiger partial charge in [-0.2, -0.15) is 0 Å². The molecule has 6 heteroatoms. The molecule has 1 saturated heterocycles. The molecule has 4 aromatic rings. The number of amides is 1. The van der Waals surface area contributed by atoms with Gasteiger partial charge in [0, 0.05) is 17.7 Å². The zero-order chi connectivity index (χ0) is 20.1. The Labute approximate surface area is 168 Å². The molecule has 5 rings (SSSR count). The monoisotopic (exact) mass is 386 g/mol. The summed E-state index contributed by atoms with van der Waals surface area (Å²) in [5.74, 6) is 1.76. The van der Waals surface area contributed by atoms with E-state index in [4.69, 9.17) is 9.51 Å². The molecule has 0 spiro atoms. The molecule has 2 aromatic heterocycles. The number of H-pyrrole nitrogens is 1. The molecule has 1 aliphatic rings. The van der Waals surface area contributed by atoms with Gasteiger partial charge in [-0.05, 0) is 56.5 Å². The first-order valence-electron chi connectivity index (χ1n) is 9.83. The third-order valence-corrected chi connectivity index (χ3v) is 5.72. The standard InChI is InChI=1S/C23H22N4O2/c1-13-6-4-5-7-19(13)27-20(10-11-21(27)28)23-24-17-9-8-16(12-18(17)25-23)22-14(2)26-29-15(22)3/h4-9,12,20H,10-11H2,1-3H3,(H,24,25)/t20-/m0/s1. The maximum Gasteiger partial charge on any atom is 0.227 e. The lowest BCUT2D eigenvalue weighted by atomic mass is 10.0. The highest BCUT2D eigenvalue weighted by Gasteiger charge is 2.35. The van der Waals surface area contributed by atoms with E-state index in [1.165, 1.54) is 0 Å². The third-order valence-electron chi connectivity index (χ3n) is 5.72. The Balaban J connectivity index is 1.57. The largest absolute Gasteiger partial charge is 0.361 e. The first kappa shape index (κ1) is 17.7. The maximum atomic E-state index is 12.7. The molecule has 0 bridgehead atoms. The number of carbonyl (C=O) groups excluding carboxylic acids is 1. The van der Waals surface area contributed by atoms with E-state index in [1.54, 1.807) is 0 Å². The third kappa shape index (κ3) is 2.83. The van der Waals surface area contributed by atoms with Gasteiger partial charge in [-0.15, -0.1) is 0 Å². The number of nitrogens with one attached hydrogen (secondary N) is 1. The number of nitrogens with zero attached hydrogens (tertiary/aromatic N) is 3. The van der Waals surface area contributed by atoms with Crippen LogP contribution in [0.5, 0.6) is 0 Å². The van der Waals surface area contributed by atoms with E-state index in [0.29, 0.717) is 6.42 Å². The number of para-hydroxylation sites is 1. The first-order valence-corrected chi connectivity index (χ1v) is 9.83. The molecule has 3 heterocycles. The van der Waals surface area contributed by atoms with E-state index >= 15 is 0 Å². The zero-order valence-corrected chi connectivity index (χ0v) is 16.7. The normalized spacial score (nSPS) is 16.9. The fourth-order valence-corrected chi connectivity index (χ4v) is 4.32. The summed E-state index contributed by atoms with van der Waals surface area (Å²) in [4.78, 5) is 22.8. The number of aromatic amines is 1. The molecule has 1 atom stereocenters. The SMILES string of the molecule is Cc1ccccc1N1C(=O)CC[C@H]1c1nc2ccc(-c3c(C)noc3C)cc2[nH]1. The molecule has 1 amide bonds. The second-order valence-electron chi connectivity index (χ2n) is 7.66. The second kappa shape index (κ2) is 6.58. The average molecular weight is 386 g/mol. The number of carbonyl (C=O) groups is 1. The summed E-state index contributed by atoms with van der Waals surface area (Å²) in [7, 11) is 0. The Kier molecular flexibility index (Phi) is 4.01. The fourth-order valence-electron chi connectivity index (χ4n) is 4.32. The van der Waals surface area contributed by atoms with Gasteiger partial charge in [-0.25, -0.2) is 4.98 Å². The average Bonchev–Trinajstić information content (AvgIpc) is 3.38. The second-order valence-corrected chi connectivity index (χ2v) is 7.66. The molecule has 0 radical (unpaired) electrons. The van der Waals surface area contributed by atoms with Crippen LogP contribution in [-0.2, 0) is 4.79 Å². The van der Waals surface area contributed by atoms with Crippen molar-refractivity contribution in [3.05, 3.63) is 65.3 Å². The molecule has 2 aromatic carbocycles. The smallest absolute Gasteiger partial charge is 0.227 e. The van der Waals surface area contributed by atoms with Crippen molar-refractivity contribution in [2.24, 2.45) is 0 Å². The van der Waals surface area contributed by atoms with Crippen molar-refractivity contribution < 1.29 is 9.32 Å². The van der Waals surface area contributed by atoms with E-state index in [1.807, 2.05) is 62.1 Å². The van der Waals surface area contributed by atoms with Crippen molar-refractivity contribution in [1.82, 2.24) is 15.1 Å². The number of aromatic nitrogens is 3. The molecular weight excluding hydrogens is 364 g/mol. The van der Waals surface area contributed by atoms with Gasteiger partial charge in [-0.1, -0.05) is 29.4 Å². The Morgan fingerprint density at radius 2 is 1.97 bits per heavy atom. The summed E-state index contributed by atoms with van der Waals surface area (Å²) >= 11 is 0. The van der Waals surface area contributed by atoms with Crippen LogP contribution >= 0.6 is 0 Å². The minimum atomic E-state index is -0.0847. The summed E-state index contributed by atoms with van der Waals surface area (Å²) in [5, 5.41) is 4.06. The number of hydrogen-bond acceptors (Lipinski definition) is 4. The van der Waals surface area contributed by atoms with Gasteiger partial charge in [0.25, 0.3) is 0 Å². The van der Waals surface area contributed by atoms with Crippen molar-refractivity contribution >= 4 is 22.6 Å². The van der Waals surface area contributed by atoms with Crippen LogP contribution in [0.15, 0.2) is 47.0 Å². The number of fused-ring (bicyclic) bond motifs is 1. The highest BCUT2D eigenvalue weighted by atomic mass is 16.5. The van der Waals surface area contributed by atoms with Crippen LogP contribution in [0.1, 0.15) is 41.7 Å². The number of imidazole rings is 1. The van der Waals surface area contributed by atoms with Crippen LogP contribution < -0.4 is 4.90 Å². The molecule has 29 heavy (non-hydrogen) atoms. The van der Waals surface area contributed by atoms with Crippen LogP contribution in [0.25, 0.3) is 22.2 Å². The van der Waals surface area contributed by atoms with Crippen LogP contribution in [0.2, 0.25) is 0 Å². The summed E-state index contributed by atoms with van der Waals surface area (Å²) in [6, 6.07) is 14.0. The van der Waals surface area contributed by atoms with Crippen LogP contribution in [0, 0.1) is 20.8 Å². The lowest BCUT2D eigenvalue weighted by Crippen LogP contribution is -2.28. The molecular formula is C23H22N4O2. The Hall–Kier alpha value is -3.41. The number of rotatable bonds is 3. The van der Waals surface area contributed by atoms with Crippen molar-refractivity contribution in [3.63, 3.8) is 0 Å². The summed E-state index contributed by atoms with van der Waals surface area (Å²) < 4.78 is 5.31. The van der Waals surface area contributed by atoms with Crippen molar-refractivity contribution in [2.75, 3.05) is 4.90 Å². The Bertz CT molecular complexity index is 1220. The van der Waals surface area contributed by atoms with E-state index in [2.05, 4.69) is 16.2 Å². The van der Waals surface area contributed by atoms with Gasteiger partial charge in [-0.3, -0.25) is 4.79 Å². The fraction of sp³-hybridized carbons (Fsp3) is 0.261. The quantitative estimate of drug-likeness (QED) is 0.537.